The first kappa shape index (κ1) is 11.7. The number of nitrogen functional groups attached to an aromatic ring is 1. The first-order valence-electron chi connectivity index (χ1n) is 5.73. The van der Waals surface area contributed by atoms with Crippen LogP contribution >= 0.6 is 11.3 Å². The van der Waals surface area contributed by atoms with Crippen LogP contribution in [0.5, 0.6) is 0 Å². The van der Waals surface area contributed by atoms with Crippen LogP contribution in [0.25, 0.3) is 10.9 Å². The largest absolute Gasteiger partial charge is 0.399 e. The summed E-state index contributed by atoms with van der Waals surface area (Å²) >= 11 is 1.40. The van der Waals surface area contributed by atoms with Crippen molar-refractivity contribution in [2.45, 2.75) is 6.92 Å². The lowest BCUT2D eigenvalue weighted by Crippen LogP contribution is -2.11. The number of amides is 1. The molecular formula is C13H12N4OS. The van der Waals surface area contributed by atoms with Crippen LogP contribution in [0.4, 0.5) is 10.8 Å². The molecule has 2 heterocycles. The van der Waals surface area contributed by atoms with Gasteiger partial charge in [-0.2, -0.15) is 0 Å². The number of anilines is 2. The first-order valence-corrected chi connectivity index (χ1v) is 6.61. The Labute approximate surface area is 113 Å². The van der Waals surface area contributed by atoms with Gasteiger partial charge in [-0.1, -0.05) is 0 Å². The second-order valence-electron chi connectivity index (χ2n) is 4.28. The van der Waals surface area contributed by atoms with Gasteiger partial charge in [-0.15, -0.1) is 11.3 Å². The van der Waals surface area contributed by atoms with Crippen LogP contribution in [0.1, 0.15) is 16.2 Å². The number of nitrogens with two attached hydrogens (primary N) is 1. The molecule has 0 unspecified atom stereocenters. The molecule has 4 N–H and O–H groups in total. The predicted molar refractivity (Wildman–Crippen MR) is 77.5 cm³/mol. The van der Waals surface area contributed by atoms with Gasteiger partial charge in [-0.05, 0) is 31.2 Å². The van der Waals surface area contributed by atoms with Gasteiger partial charge in [0.1, 0.15) is 5.69 Å². The summed E-state index contributed by atoms with van der Waals surface area (Å²) in [7, 11) is 0. The summed E-state index contributed by atoms with van der Waals surface area (Å²) in [5.41, 5.74) is 8.66. The third kappa shape index (κ3) is 2.30. The molecule has 0 aliphatic carbocycles. The molecule has 0 radical (unpaired) electrons. The summed E-state index contributed by atoms with van der Waals surface area (Å²) in [4.78, 5) is 19.3. The van der Waals surface area contributed by atoms with E-state index in [1.54, 1.807) is 12.1 Å². The standard InChI is InChI=1S/C13H12N4OS/c1-7-6-19-13(15-7)17-12(18)11-5-8-4-9(14)2-3-10(8)16-11/h2-6,16H,14H2,1H3,(H,15,17,18). The Morgan fingerprint density at radius 2 is 2.26 bits per heavy atom. The summed E-state index contributed by atoms with van der Waals surface area (Å²) in [6.45, 7) is 1.89. The molecule has 3 rings (SSSR count). The number of carbonyl (C=O) groups is 1. The van der Waals surface area contributed by atoms with Crippen molar-refractivity contribution < 1.29 is 4.79 Å². The second kappa shape index (κ2) is 4.40. The number of nitrogens with zero attached hydrogens (tertiary/aromatic N) is 1. The molecule has 0 aliphatic rings. The minimum atomic E-state index is -0.205. The number of H-pyrrole nitrogens is 1. The maximum absolute atomic E-state index is 12.1. The topological polar surface area (TPSA) is 83.8 Å². The maximum atomic E-state index is 12.1. The molecular weight excluding hydrogens is 260 g/mol. The van der Waals surface area contributed by atoms with Crippen LogP contribution in [-0.4, -0.2) is 15.9 Å². The van der Waals surface area contributed by atoms with Gasteiger partial charge in [0.25, 0.3) is 5.91 Å². The molecule has 19 heavy (non-hydrogen) atoms. The van der Waals surface area contributed by atoms with E-state index in [9.17, 15) is 4.79 Å². The lowest BCUT2D eigenvalue weighted by Gasteiger charge is -1.97. The fourth-order valence-electron chi connectivity index (χ4n) is 1.85. The van der Waals surface area contributed by atoms with Gasteiger partial charge in [-0.25, -0.2) is 4.98 Å². The molecule has 5 nitrogen and oxygen atoms in total. The Morgan fingerprint density at radius 3 is 3.00 bits per heavy atom. The third-order valence-electron chi connectivity index (χ3n) is 2.73. The van der Waals surface area contributed by atoms with Gasteiger partial charge < -0.3 is 10.7 Å². The Balaban J connectivity index is 1.89. The Kier molecular flexibility index (Phi) is 2.72. The van der Waals surface area contributed by atoms with Crippen LogP contribution in [0.3, 0.4) is 0 Å². The second-order valence-corrected chi connectivity index (χ2v) is 5.14. The van der Waals surface area contributed by atoms with E-state index in [0.717, 1.165) is 16.6 Å². The zero-order chi connectivity index (χ0) is 13.4. The summed E-state index contributed by atoms with van der Waals surface area (Å²) < 4.78 is 0. The molecule has 6 heteroatoms. The van der Waals surface area contributed by atoms with Gasteiger partial charge in [-0.3, -0.25) is 10.1 Å². The highest BCUT2D eigenvalue weighted by molar-refractivity contribution is 7.13. The number of hydrogen-bond donors (Lipinski definition) is 3. The highest BCUT2D eigenvalue weighted by Gasteiger charge is 2.11. The monoisotopic (exact) mass is 272 g/mol. The van der Waals surface area contributed by atoms with E-state index in [-0.39, 0.29) is 5.91 Å². The molecule has 0 atom stereocenters. The average molecular weight is 272 g/mol. The van der Waals surface area contributed by atoms with Gasteiger partial charge in [0, 0.05) is 22.0 Å². The first-order chi connectivity index (χ1) is 9.11. The molecule has 0 fully saturated rings. The molecule has 1 aromatic carbocycles. The minimum Gasteiger partial charge on any atom is -0.399 e. The summed E-state index contributed by atoms with van der Waals surface area (Å²) in [5, 5.41) is 6.17. The third-order valence-corrected chi connectivity index (χ3v) is 3.60. The highest BCUT2D eigenvalue weighted by Crippen LogP contribution is 2.20. The Hall–Kier alpha value is -2.34. The van der Waals surface area contributed by atoms with E-state index in [2.05, 4.69) is 15.3 Å². The normalized spacial score (nSPS) is 10.8. The van der Waals surface area contributed by atoms with Crippen molar-refractivity contribution in [3.8, 4) is 0 Å². The smallest absolute Gasteiger partial charge is 0.273 e. The van der Waals surface area contributed by atoms with Crippen molar-refractivity contribution in [3.63, 3.8) is 0 Å². The lowest BCUT2D eigenvalue weighted by molar-refractivity contribution is 0.102. The van der Waals surface area contributed by atoms with Crippen LogP contribution in [-0.2, 0) is 0 Å². The van der Waals surface area contributed by atoms with Crippen molar-refractivity contribution in [1.29, 1.82) is 0 Å². The van der Waals surface area contributed by atoms with E-state index in [4.69, 9.17) is 5.73 Å². The number of nitrogens with one attached hydrogen (secondary N) is 2. The highest BCUT2D eigenvalue weighted by atomic mass is 32.1. The van der Waals surface area contributed by atoms with E-state index in [0.29, 0.717) is 16.5 Å². The number of carbonyl (C=O) groups excluding carboxylic acids is 1. The lowest BCUT2D eigenvalue weighted by atomic mass is 10.2. The Morgan fingerprint density at radius 1 is 1.42 bits per heavy atom. The number of rotatable bonds is 2. The number of benzene rings is 1. The van der Waals surface area contributed by atoms with Gasteiger partial charge >= 0.3 is 0 Å². The molecule has 3 aromatic rings. The van der Waals surface area contributed by atoms with E-state index >= 15 is 0 Å². The number of aryl methyl sites for hydroxylation is 1. The van der Waals surface area contributed by atoms with Crippen LogP contribution in [0.2, 0.25) is 0 Å². The van der Waals surface area contributed by atoms with Gasteiger partial charge in [0.15, 0.2) is 5.13 Å². The zero-order valence-corrected chi connectivity index (χ0v) is 11.0. The summed E-state index contributed by atoms with van der Waals surface area (Å²) in [6.07, 6.45) is 0. The maximum Gasteiger partial charge on any atom is 0.273 e. The summed E-state index contributed by atoms with van der Waals surface area (Å²) in [5.74, 6) is -0.205. The predicted octanol–water partition coefficient (Wildman–Crippen LogP) is 2.77. The number of aromatic nitrogens is 2. The molecule has 96 valence electrons. The van der Waals surface area contributed by atoms with Crippen molar-refractivity contribution in [2.24, 2.45) is 0 Å². The van der Waals surface area contributed by atoms with E-state index < -0.39 is 0 Å². The number of aromatic amines is 1. The van der Waals surface area contributed by atoms with Crippen molar-refractivity contribution in [1.82, 2.24) is 9.97 Å². The van der Waals surface area contributed by atoms with Crippen LogP contribution in [0.15, 0.2) is 29.6 Å². The fraction of sp³-hybridized carbons (Fsp3) is 0.0769. The fourth-order valence-corrected chi connectivity index (χ4v) is 2.53. The van der Waals surface area contributed by atoms with E-state index in [1.165, 1.54) is 11.3 Å². The summed E-state index contributed by atoms with van der Waals surface area (Å²) in [6, 6.07) is 7.26. The molecule has 1 amide bonds. The van der Waals surface area contributed by atoms with E-state index in [1.807, 2.05) is 24.4 Å². The number of thiazole rings is 1. The quantitative estimate of drug-likeness (QED) is 0.627. The van der Waals surface area contributed by atoms with Gasteiger partial charge in [0.05, 0.1) is 5.69 Å². The van der Waals surface area contributed by atoms with Crippen molar-refractivity contribution in [2.75, 3.05) is 11.1 Å². The minimum absolute atomic E-state index is 0.205. The SMILES string of the molecule is Cc1csc(NC(=O)c2cc3cc(N)ccc3[nH]2)n1. The molecule has 0 saturated carbocycles. The molecule has 0 aliphatic heterocycles. The van der Waals surface area contributed by atoms with Crippen LogP contribution < -0.4 is 11.1 Å². The average Bonchev–Trinajstić information content (AvgIpc) is 2.95. The number of hydrogen-bond acceptors (Lipinski definition) is 4. The Bertz CT molecular complexity index is 759. The molecule has 0 saturated heterocycles. The van der Waals surface area contributed by atoms with Gasteiger partial charge in [0.2, 0.25) is 0 Å². The molecule has 2 aromatic heterocycles. The van der Waals surface area contributed by atoms with Crippen molar-refractivity contribution in [3.05, 3.63) is 41.0 Å². The molecule has 0 bridgehead atoms. The zero-order valence-electron chi connectivity index (χ0n) is 10.2. The molecule has 0 spiro atoms. The number of fused-ring (bicyclic) bond motifs is 1. The van der Waals surface area contributed by atoms with Crippen molar-refractivity contribution >= 4 is 39.0 Å². The van der Waals surface area contributed by atoms with Crippen LogP contribution in [0, 0.1) is 6.92 Å².